The van der Waals surface area contributed by atoms with Crippen molar-refractivity contribution in [3.63, 3.8) is 0 Å². The highest BCUT2D eigenvalue weighted by atomic mass is 16.6. The zero-order valence-corrected chi connectivity index (χ0v) is 10.4. The molecule has 98 valence electrons. The Morgan fingerprint density at radius 1 is 1.61 bits per heavy atom. The zero-order valence-electron chi connectivity index (χ0n) is 10.4. The quantitative estimate of drug-likeness (QED) is 0.818. The number of rotatable bonds is 2. The Kier molecular flexibility index (Phi) is 3.86. The molecule has 2 rings (SSSR count). The van der Waals surface area contributed by atoms with Crippen molar-refractivity contribution in [1.82, 2.24) is 10.3 Å². The Morgan fingerprint density at radius 2 is 2.44 bits per heavy atom. The van der Waals surface area contributed by atoms with E-state index in [2.05, 4.69) is 15.2 Å². The van der Waals surface area contributed by atoms with Gasteiger partial charge in [-0.3, -0.25) is 0 Å². The van der Waals surface area contributed by atoms with E-state index < -0.39 is 0 Å². The molecule has 1 amide bonds. The molecular formula is C12H18N4O2. The van der Waals surface area contributed by atoms with Crippen molar-refractivity contribution in [3.05, 3.63) is 18.3 Å². The van der Waals surface area contributed by atoms with Gasteiger partial charge in [-0.05, 0) is 25.0 Å². The number of anilines is 2. The van der Waals surface area contributed by atoms with Crippen molar-refractivity contribution in [3.8, 4) is 0 Å². The van der Waals surface area contributed by atoms with E-state index >= 15 is 0 Å². The molecule has 1 unspecified atom stereocenters. The van der Waals surface area contributed by atoms with Gasteiger partial charge in [0.05, 0.1) is 18.4 Å². The van der Waals surface area contributed by atoms with Crippen molar-refractivity contribution in [2.24, 2.45) is 0 Å². The minimum Gasteiger partial charge on any atom is -0.444 e. The number of alkyl carbamates (subject to hydrolysis) is 1. The topological polar surface area (TPSA) is 80.5 Å². The number of amides is 1. The fraction of sp³-hybridized carbons (Fsp3) is 0.500. The smallest absolute Gasteiger partial charge is 0.407 e. The van der Waals surface area contributed by atoms with Crippen LogP contribution in [0.5, 0.6) is 0 Å². The number of hydrogen-bond donors (Lipinski definition) is 2. The number of aromatic nitrogens is 1. The minimum atomic E-state index is -0.378. The van der Waals surface area contributed by atoms with E-state index in [4.69, 9.17) is 10.5 Å². The molecule has 1 aliphatic heterocycles. The predicted molar refractivity (Wildman–Crippen MR) is 69.4 cm³/mol. The number of ether oxygens (including phenoxy) is 1. The first-order valence-corrected chi connectivity index (χ1v) is 6.04. The van der Waals surface area contributed by atoms with Crippen LogP contribution in [-0.4, -0.2) is 37.3 Å². The molecule has 2 heterocycles. The summed E-state index contributed by atoms with van der Waals surface area (Å²) in [6, 6.07) is 3.71. The van der Waals surface area contributed by atoms with Crippen LogP contribution in [0, 0.1) is 0 Å². The van der Waals surface area contributed by atoms with Crippen LogP contribution in [0.4, 0.5) is 16.3 Å². The van der Waals surface area contributed by atoms with Gasteiger partial charge >= 0.3 is 6.09 Å². The highest BCUT2D eigenvalue weighted by Gasteiger charge is 2.23. The van der Waals surface area contributed by atoms with Gasteiger partial charge in [-0.2, -0.15) is 0 Å². The summed E-state index contributed by atoms with van der Waals surface area (Å²) in [5.74, 6) is 0.508. The van der Waals surface area contributed by atoms with Crippen molar-refractivity contribution in [1.29, 1.82) is 0 Å². The van der Waals surface area contributed by atoms with Gasteiger partial charge in [0.15, 0.2) is 0 Å². The highest BCUT2D eigenvalue weighted by Crippen LogP contribution is 2.21. The molecule has 1 aromatic heterocycles. The van der Waals surface area contributed by atoms with Gasteiger partial charge in [0, 0.05) is 13.6 Å². The largest absolute Gasteiger partial charge is 0.444 e. The highest BCUT2D eigenvalue weighted by molar-refractivity contribution is 5.67. The number of pyridine rings is 1. The number of carbonyl (C=O) groups excluding carboxylic acids is 1. The molecule has 0 spiro atoms. The molecule has 3 N–H and O–H groups in total. The summed E-state index contributed by atoms with van der Waals surface area (Å²) in [4.78, 5) is 17.4. The van der Waals surface area contributed by atoms with Crippen LogP contribution < -0.4 is 16.0 Å². The maximum Gasteiger partial charge on any atom is 0.407 e. The normalized spacial score (nSPS) is 19.4. The van der Waals surface area contributed by atoms with Crippen LogP contribution >= 0.6 is 0 Å². The molecule has 0 aliphatic carbocycles. The number of carbonyl (C=O) groups is 1. The fourth-order valence-corrected chi connectivity index (χ4v) is 2.06. The lowest BCUT2D eigenvalue weighted by atomic mass is 10.1. The van der Waals surface area contributed by atoms with Gasteiger partial charge in [0.25, 0.3) is 0 Å². The molecule has 1 saturated heterocycles. The summed E-state index contributed by atoms with van der Waals surface area (Å²) in [7, 11) is 1.56. The summed E-state index contributed by atoms with van der Waals surface area (Å²) in [6.07, 6.45) is 3.18. The number of nitrogens with one attached hydrogen (secondary N) is 1. The van der Waals surface area contributed by atoms with Crippen molar-refractivity contribution in [2.45, 2.75) is 18.9 Å². The first kappa shape index (κ1) is 12.5. The molecule has 1 aliphatic rings. The maximum atomic E-state index is 11.2. The monoisotopic (exact) mass is 250 g/mol. The Bertz CT molecular complexity index is 407. The van der Waals surface area contributed by atoms with E-state index in [0.29, 0.717) is 12.4 Å². The van der Waals surface area contributed by atoms with E-state index in [1.165, 1.54) is 0 Å². The second kappa shape index (κ2) is 5.57. The average molecular weight is 250 g/mol. The molecule has 0 saturated carbocycles. The SMILES string of the molecule is CNC(=O)OC1CCCN(c2ccc(N)nc2)C1. The van der Waals surface area contributed by atoms with E-state index in [-0.39, 0.29) is 12.2 Å². The number of hydrogen-bond acceptors (Lipinski definition) is 5. The Hall–Kier alpha value is -1.98. The lowest BCUT2D eigenvalue weighted by Gasteiger charge is -2.33. The molecule has 0 radical (unpaired) electrons. The summed E-state index contributed by atoms with van der Waals surface area (Å²) >= 11 is 0. The third kappa shape index (κ3) is 3.03. The van der Waals surface area contributed by atoms with Crippen LogP contribution in [0.25, 0.3) is 0 Å². The Morgan fingerprint density at radius 3 is 3.11 bits per heavy atom. The number of nitrogens with two attached hydrogens (primary N) is 1. The number of nitrogens with zero attached hydrogens (tertiary/aromatic N) is 2. The second-order valence-corrected chi connectivity index (χ2v) is 4.31. The van der Waals surface area contributed by atoms with E-state index in [0.717, 1.165) is 25.1 Å². The fourth-order valence-electron chi connectivity index (χ4n) is 2.06. The van der Waals surface area contributed by atoms with Crippen molar-refractivity contribution in [2.75, 3.05) is 30.8 Å². The third-order valence-electron chi connectivity index (χ3n) is 2.99. The lowest BCUT2D eigenvalue weighted by Crippen LogP contribution is -2.41. The molecule has 1 fully saturated rings. The molecule has 0 aromatic carbocycles. The Labute approximate surface area is 106 Å². The summed E-state index contributed by atoms with van der Waals surface area (Å²) in [5.41, 5.74) is 6.57. The summed E-state index contributed by atoms with van der Waals surface area (Å²) in [6.45, 7) is 1.64. The summed E-state index contributed by atoms with van der Waals surface area (Å²) < 4.78 is 5.28. The van der Waals surface area contributed by atoms with Gasteiger partial charge in [0.1, 0.15) is 11.9 Å². The lowest BCUT2D eigenvalue weighted by molar-refractivity contribution is 0.0901. The van der Waals surface area contributed by atoms with Crippen LogP contribution in [0.1, 0.15) is 12.8 Å². The standard InChI is InChI=1S/C12H18N4O2/c1-14-12(17)18-10-3-2-6-16(8-10)9-4-5-11(13)15-7-9/h4-5,7,10H,2-3,6,8H2,1H3,(H2,13,15)(H,14,17). The maximum absolute atomic E-state index is 11.2. The second-order valence-electron chi connectivity index (χ2n) is 4.31. The van der Waals surface area contributed by atoms with E-state index in [1.54, 1.807) is 19.3 Å². The Balaban J connectivity index is 1.98. The molecule has 6 nitrogen and oxygen atoms in total. The molecule has 6 heteroatoms. The van der Waals surface area contributed by atoms with Gasteiger partial charge in [-0.1, -0.05) is 0 Å². The molecule has 1 aromatic rings. The summed E-state index contributed by atoms with van der Waals surface area (Å²) in [5, 5.41) is 2.47. The molecule has 18 heavy (non-hydrogen) atoms. The minimum absolute atomic E-state index is 0.0729. The van der Waals surface area contributed by atoms with Crippen molar-refractivity contribution < 1.29 is 9.53 Å². The van der Waals surface area contributed by atoms with Crippen LogP contribution in [0.2, 0.25) is 0 Å². The molecule has 0 bridgehead atoms. The van der Waals surface area contributed by atoms with Crippen LogP contribution in [0.3, 0.4) is 0 Å². The first-order chi connectivity index (χ1) is 8.69. The van der Waals surface area contributed by atoms with E-state index in [1.807, 2.05) is 6.07 Å². The predicted octanol–water partition coefficient (Wildman–Crippen LogP) is 0.989. The van der Waals surface area contributed by atoms with Gasteiger partial charge in [0.2, 0.25) is 0 Å². The molecule has 1 atom stereocenters. The van der Waals surface area contributed by atoms with Gasteiger partial charge in [-0.25, -0.2) is 9.78 Å². The number of piperidine rings is 1. The van der Waals surface area contributed by atoms with Crippen molar-refractivity contribution >= 4 is 17.6 Å². The van der Waals surface area contributed by atoms with E-state index in [9.17, 15) is 4.79 Å². The van der Waals surface area contributed by atoms with Crippen LogP contribution in [-0.2, 0) is 4.74 Å². The van der Waals surface area contributed by atoms with Crippen LogP contribution in [0.15, 0.2) is 18.3 Å². The first-order valence-electron chi connectivity index (χ1n) is 6.04. The molecular weight excluding hydrogens is 232 g/mol. The number of nitrogen functional groups attached to an aromatic ring is 1. The third-order valence-corrected chi connectivity index (χ3v) is 2.99. The zero-order chi connectivity index (χ0) is 13.0. The average Bonchev–Trinajstić information content (AvgIpc) is 2.40. The van der Waals surface area contributed by atoms with Gasteiger partial charge in [-0.15, -0.1) is 0 Å². The van der Waals surface area contributed by atoms with Gasteiger partial charge < -0.3 is 20.7 Å².